The first-order valence-corrected chi connectivity index (χ1v) is 14.7. The molecular weight excluding hydrogens is 492 g/mol. The molecule has 9 heteroatoms. The summed E-state index contributed by atoms with van der Waals surface area (Å²) in [5.74, 6) is 1.44. The van der Waals surface area contributed by atoms with Gasteiger partial charge in [-0.15, -0.1) is 0 Å². The maximum atomic E-state index is 12.3. The van der Waals surface area contributed by atoms with Crippen molar-refractivity contribution >= 4 is 18.5 Å². The van der Waals surface area contributed by atoms with Crippen molar-refractivity contribution in [3.05, 3.63) is 0 Å². The van der Waals surface area contributed by atoms with Crippen molar-refractivity contribution in [2.45, 2.75) is 142 Å². The van der Waals surface area contributed by atoms with Crippen LogP contribution in [0.5, 0.6) is 0 Å². The molecule has 222 valence electrons. The molecule has 0 aliphatic heterocycles. The quantitative estimate of drug-likeness (QED) is 0.0973. The van der Waals surface area contributed by atoms with Gasteiger partial charge in [0.2, 0.25) is 0 Å². The van der Waals surface area contributed by atoms with Gasteiger partial charge in [0.1, 0.15) is 18.3 Å². The lowest BCUT2D eigenvalue weighted by Crippen LogP contribution is -2.43. The minimum absolute atomic E-state index is 0.0889. The fourth-order valence-electron chi connectivity index (χ4n) is 4.57. The number of carbonyl (C=O) groups excluding carboxylic acids is 2. The van der Waals surface area contributed by atoms with E-state index in [0.29, 0.717) is 6.42 Å². The van der Waals surface area contributed by atoms with E-state index in [2.05, 4.69) is 27.7 Å². The Kier molecular flexibility index (Phi) is 18.5. The van der Waals surface area contributed by atoms with Crippen LogP contribution in [0.25, 0.3) is 0 Å². The molecule has 1 rings (SSSR count). The Bertz CT molecular complexity index is 650. The highest BCUT2D eigenvalue weighted by molar-refractivity contribution is 5.61. The average molecular weight is 545 g/mol. The summed E-state index contributed by atoms with van der Waals surface area (Å²) >= 11 is 0. The van der Waals surface area contributed by atoms with Crippen LogP contribution in [-0.4, -0.2) is 55.1 Å². The first-order chi connectivity index (χ1) is 18.2. The third-order valence-corrected chi connectivity index (χ3v) is 6.74. The molecule has 9 nitrogen and oxygen atoms in total. The lowest BCUT2D eigenvalue weighted by Gasteiger charge is -2.33. The molecule has 38 heavy (non-hydrogen) atoms. The van der Waals surface area contributed by atoms with Crippen LogP contribution >= 0.6 is 0 Å². The minimum Gasteiger partial charge on any atom is -0.450 e. The summed E-state index contributed by atoms with van der Waals surface area (Å²) in [4.78, 5) is 35.4. The molecule has 0 heterocycles. The van der Waals surface area contributed by atoms with E-state index < -0.39 is 36.8 Å². The molecule has 0 aromatic carbocycles. The van der Waals surface area contributed by atoms with E-state index in [1.807, 2.05) is 0 Å². The number of carbonyl (C=O) groups is 3. The fraction of sp³-hybridized carbons (Fsp3) is 0.897. The van der Waals surface area contributed by atoms with Crippen molar-refractivity contribution in [3.8, 4) is 0 Å². The average Bonchev–Trinajstić information content (AvgIpc) is 2.83. The summed E-state index contributed by atoms with van der Waals surface area (Å²) in [5, 5.41) is 8.95. The van der Waals surface area contributed by atoms with Crippen molar-refractivity contribution in [1.29, 1.82) is 0 Å². The standard InChI is InChI=1S/C29H52O9/c1-22(2)15-11-7-5-9-13-19-34-28(32)37-25-18-17-24(36-27(30)31)21-26(25)38-29(33)35-20-14-10-6-8-12-16-23(3)4/h22-26H,5-21H2,1-4H3,(H,30,31). The van der Waals surface area contributed by atoms with Gasteiger partial charge in [-0.05, 0) is 37.5 Å². The molecule has 0 bridgehead atoms. The Hall–Kier alpha value is -2.19. The number of ether oxygens (including phenoxy) is 5. The van der Waals surface area contributed by atoms with E-state index in [-0.39, 0.29) is 26.1 Å². The summed E-state index contributed by atoms with van der Waals surface area (Å²) in [6.45, 7) is 9.40. The van der Waals surface area contributed by atoms with Crippen LogP contribution < -0.4 is 0 Å². The summed E-state index contributed by atoms with van der Waals surface area (Å²) < 4.78 is 26.1. The van der Waals surface area contributed by atoms with E-state index in [4.69, 9.17) is 28.8 Å². The topological polar surface area (TPSA) is 118 Å². The molecule has 1 aliphatic rings. The van der Waals surface area contributed by atoms with E-state index >= 15 is 0 Å². The molecule has 0 amide bonds. The Morgan fingerprint density at radius 3 is 1.55 bits per heavy atom. The first kappa shape index (κ1) is 33.8. The zero-order chi connectivity index (χ0) is 28.2. The number of carboxylic acid groups (broad SMARTS) is 1. The molecule has 1 fully saturated rings. The van der Waals surface area contributed by atoms with Crippen LogP contribution in [0.2, 0.25) is 0 Å². The molecule has 3 atom stereocenters. The van der Waals surface area contributed by atoms with E-state index in [1.54, 1.807) is 0 Å². The van der Waals surface area contributed by atoms with Gasteiger partial charge in [-0.3, -0.25) is 0 Å². The van der Waals surface area contributed by atoms with E-state index in [1.165, 1.54) is 38.5 Å². The van der Waals surface area contributed by atoms with Gasteiger partial charge in [0.15, 0.2) is 0 Å². The lowest BCUT2D eigenvalue weighted by molar-refractivity contribution is -0.0963. The van der Waals surface area contributed by atoms with Crippen LogP contribution in [0.15, 0.2) is 0 Å². The minimum atomic E-state index is -1.40. The lowest BCUT2D eigenvalue weighted by atomic mass is 9.92. The zero-order valence-electron chi connectivity index (χ0n) is 24.1. The third kappa shape index (κ3) is 18.1. The first-order valence-electron chi connectivity index (χ1n) is 14.7. The largest absolute Gasteiger partial charge is 0.508 e. The number of hydrogen-bond donors (Lipinski definition) is 1. The molecule has 0 spiro atoms. The number of rotatable bonds is 19. The SMILES string of the molecule is CC(C)CCCCCCCOC(=O)OC1CCC(OC(=O)O)CC1OC(=O)OCCCCCCCC(C)C. The molecule has 3 unspecified atom stereocenters. The second-order valence-electron chi connectivity index (χ2n) is 11.2. The van der Waals surface area contributed by atoms with Crippen molar-refractivity contribution in [3.63, 3.8) is 0 Å². The monoisotopic (exact) mass is 544 g/mol. The predicted molar refractivity (Wildman–Crippen MR) is 144 cm³/mol. The summed E-state index contributed by atoms with van der Waals surface area (Å²) in [5.41, 5.74) is 0. The predicted octanol–water partition coefficient (Wildman–Crippen LogP) is 8.27. The van der Waals surface area contributed by atoms with Gasteiger partial charge in [-0.2, -0.15) is 0 Å². The zero-order valence-corrected chi connectivity index (χ0v) is 24.1. The van der Waals surface area contributed by atoms with E-state index in [9.17, 15) is 14.4 Å². The van der Waals surface area contributed by atoms with Gasteiger partial charge in [-0.1, -0.05) is 91.9 Å². The normalized spacial score (nSPS) is 19.3. The number of unbranched alkanes of at least 4 members (excludes halogenated alkanes) is 8. The van der Waals surface area contributed by atoms with Crippen LogP contribution in [0, 0.1) is 11.8 Å². The fourth-order valence-corrected chi connectivity index (χ4v) is 4.57. The number of hydrogen-bond acceptors (Lipinski definition) is 8. The van der Waals surface area contributed by atoms with Crippen molar-refractivity contribution < 1.29 is 43.2 Å². The third-order valence-electron chi connectivity index (χ3n) is 6.74. The molecule has 0 aromatic heterocycles. The van der Waals surface area contributed by atoms with Crippen LogP contribution in [-0.2, 0) is 23.7 Å². The molecule has 1 aliphatic carbocycles. The second-order valence-corrected chi connectivity index (χ2v) is 11.2. The maximum absolute atomic E-state index is 12.3. The molecule has 1 saturated carbocycles. The highest BCUT2D eigenvalue weighted by Crippen LogP contribution is 2.27. The highest BCUT2D eigenvalue weighted by atomic mass is 16.8. The molecule has 0 saturated heterocycles. The maximum Gasteiger partial charge on any atom is 0.508 e. The molecule has 0 radical (unpaired) electrons. The Balaban J connectivity index is 2.35. The molecular formula is C29H52O9. The second kappa shape index (κ2) is 20.7. The Morgan fingerprint density at radius 2 is 1.08 bits per heavy atom. The van der Waals surface area contributed by atoms with Gasteiger partial charge in [-0.25, -0.2) is 14.4 Å². The Morgan fingerprint density at radius 1 is 0.632 bits per heavy atom. The summed E-state index contributed by atoms with van der Waals surface area (Å²) in [6.07, 6.45) is 8.31. The van der Waals surface area contributed by atoms with Crippen molar-refractivity contribution in [1.82, 2.24) is 0 Å². The smallest absolute Gasteiger partial charge is 0.450 e. The van der Waals surface area contributed by atoms with E-state index in [0.717, 1.165) is 50.4 Å². The summed E-state index contributed by atoms with van der Waals surface area (Å²) in [7, 11) is 0. The van der Waals surface area contributed by atoms with Gasteiger partial charge >= 0.3 is 18.5 Å². The highest BCUT2D eigenvalue weighted by Gasteiger charge is 2.38. The molecule has 1 N–H and O–H groups in total. The molecule has 0 aromatic rings. The van der Waals surface area contributed by atoms with Crippen LogP contribution in [0.1, 0.15) is 124 Å². The van der Waals surface area contributed by atoms with Crippen LogP contribution in [0.4, 0.5) is 14.4 Å². The van der Waals surface area contributed by atoms with Crippen LogP contribution in [0.3, 0.4) is 0 Å². The van der Waals surface area contributed by atoms with Gasteiger partial charge in [0.25, 0.3) is 0 Å². The van der Waals surface area contributed by atoms with Gasteiger partial charge in [0.05, 0.1) is 13.2 Å². The van der Waals surface area contributed by atoms with Gasteiger partial charge < -0.3 is 28.8 Å². The van der Waals surface area contributed by atoms with Crippen molar-refractivity contribution in [2.24, 2.45) is 11.8 Å². The van der Waals surface area contributed by atoms with Gasteiger partial charge in [0, 0.05) is 6.42 Å². The summed E-state index contributed by atoms with van der Waals surface area (Å²) in [6, 6.07) is 0. The Labute approximate surface area is 229 Å². The van der Waals surface area contributed by atoms with Crippen molar-refractivity contribution in [2.75, 3.05) is 13.2 Å².